The van der Waals surface area contributed by atoms with Crippen molar-refractivity contribution >= 4 is 7.12 Å². The fraction of sp³-hybridized carbons (Fsp3) is 0.667. The standard InChI is InChI=1S/C18H24BFO2/c1-15(2)16(3,4)22-19(21-15)18-10-17(11-18,12-18)9-13-7-5-6-8-14(13)20/h5-8H,9-12H2,1-4H3. The average molecular weight is 302 g/mol. The summed E-state index contributed by atoms with van der Waals surface area (Å²) in [6, 6.07) is 7.16. The number of benzene rings is 1. The van der Waals surface area contributed by atoms with Crippen LogP contribution in [0.5, 0.6) is 0 Å². The van der Waals surface area contributed by atoms with Crippen molar-refractivity contribution in [3.05, 3.63) is 35.6 Å². The average Bonchev–Trinajstić information content (AvgIpc) is 2.53. The second-order valence-corrected chi connectivity index (χ2v) is 8.75. The van der Waals surface area contributed by atoms with Crippen molar-refractivity contribution in [2.24, 2.45) is 5.41 Å². The molecule has 0 aromatic heterocycles. The zero-order chi connectivity index (χ0) is 15.8. The van der Waals surface area contributed by atoms with E-state index >= 15 is 0 Å². The summed E-state index contributed by atoms with van der Waals surface area (Å²) in [5.74, 6) is -0.0723. The first-order valence-electron chi connectivity index (χ1n) is 8.26. The molecule has 1 aromatic carbocycles. The third-order valence-electron chi connectivity index (χ3n) is 6.46. The van der Waals surface area contributed by atoms with E-state index in [1.807, 2.05) is 12.1 Å². The van der Waals surface area contributed by atoms with Gasteiger partial charge in [0.1, 0.15) is 5.82 Å². The largest absolute Gasteiger partial charge is 0.464 e. The van der Waals surface area contributed by atoms with Gasteiger partial charge < -0.3 is 9.31 Å². The molecule has 1 aromatic rings. The van der Waals surface area contributed by atoms with Crippen LogP contribution in [0.25, 0.3) is 0 Å². The minimum absolute atomic E-state index is 0.0723. The van der Waals surface area contributed by atoms with Crippen LogP contribution in [0.1, 0.15) is 52.5 Å². The molecule has 3 saturated carbocycles. The van der Waals surface area contributed by atoms with Crippen molar-refractivity contribution in [3.8, 4) is 0 Å². The lowest BCUT2D eigenvalue weighted by Gasteiger charge is -2.71. The zero-order valence-corrected chi connectivity index (χ0v) is 13.9. The highest BCUT2D eigenvalue weighted by molar-refractivity contribution is 6.51. The second-order valence-electron chi connectivity index (χ2n) is 8.75. The Bertz CT molecular complexity index is 589. The van der Waals surface area contributed by atoms with Crippen molar-refractivity contribution < 1.29 is 13.7 Å². The first kappa shape index (κ1) is 14.7. The Hall–Kier alpha value is -0.865. The quantitative estimate of drug-likeness (QED) is 0.771. The van der Waals surface area contributed by atoms with Crippen molar-refractivity contribution in [3.63, 3.8) is 0 Å². The van der Waals surface area contributed by atoms with E-state index in [2.05, 4.69) is 27.7 Å². The van der Waals surface area contributed by atoms with Crippen molar-refractivity contribution in [1.82, 2.24) is 0 Å². The van der Waals surface area contributed by atoms with Gasteiger partial charge >= 0.3 is 7.12 Å². The molecule has 0 amide bonds. The molecule has 1 heterocycles. The van der Waals surface area contributed by atoms with Crippen molar-refractivity contribution in [1.29, 1.82) is 0 Å². The zero-order valence-electron chi connectivity index (χ0n) is 13.9. The highest BCUT2D eigenvalue weighted by atomic mass is 19.1. The first-order valence-corrected chi connectivity index (χ1v) is 8.26. The van der Waals surface area contributed by atoms with E-state index in [0.717, 1.165) is 31.2 Å². The van der Waals surface area contributed by atoms with E-state index in [1.54, 1.807) is 12.1 Å². The van der Waals surface area contributed by atoms with E-state index in [-0.39, 0.29) is 34.9 Å². The summed E-state index contributed by atoms with van der Waals surface area (Å²) in [4.78, 5) is 0. The third-order valence-corrected chi connectivity index (χ3v) is 6.46. The Kier molecular flexibility index (Phi) is 2.78. The number of hydrogen-bond acceptors (Lipinski definition) is 2. The van der Waals surface area contributed by atoms with E-state index in [1.165, 1.54) is 0 Å². The van der Waals surface area contributed by atoms with E-state index in [4.69, 9.17) is 9.31 Å². The van der Waals surface area contributed by atoms with Gasteiger partial charge in [-0.1, -0.05) is 18.2 Å². The fourth-order valence-electron chi connectivity index (χ4n) is 4.66. The van der Waals surface area contributed by atoms with Crippen LogP contribution in [0.15, 0.2) is 24.3 Å². The molecule has 0 N–H and O–H groups in total. The molecule has 0 spiro atoms. The molecule has 22 heavy (non-hydrogen) atoms. The molecule has 4 heteroatoms. The number of rotatable bonds is 3. The summed E-state index contributed by atoms with van der Waals surface area (Å²) < 4.78 is 26.3. The predicted octanol–water partition coefficient (Wildman–Crippen LogP) is 4.38. The smallest absolute Gasteiger partial charge is 0.403 e. The van der Waals surface area contributed by atoms with Gasteiger partial charge in [-0.15, -0.1) is 0 Å². The van der Waals surface area contributed by atoms with Crippen LogP contribution in [-0.4, -0.2) is 18.3 Å². The molecule has 0 unspecified atom stereocenters. The summed E-state index contributed by atoms with van der Waals surface area (Å²) in [7, 11) is -0.0972. The Morgan fingerprint density at radius 1 is 1.00 bits per heavy atom. The van der Waals surface area contributed by atoms with Crippen LogP contribution < -0.4 is 0 Å². The van der Waals surface area contributed by atoms with Crippen LogP contribution in [0, 0.1) is 11.2 Å². The molecule has 0 radical (unpaired) electrons. The van der Waals surface area contributed by atoms with Gasteiger partial charge in [0.25, 0.3) is 0 Å². The van der Waals surface area contributed by atoms with Crippen LogP contribution in [0.3, 0.4) is 0 Å². The van der Waals surface area contributed by atoms with Crippen LogP contribution in [0.2, 0.25) is 5.31 Å². The topological polar surface area (TPSA) is 18.5 Å². The number of hydrogen-bond donors (Lipinski definition) is 0. The lowest BCUT2D eigenvalue weighted by atomic mass is 9.23. The van der Waals surface area contributed by atoms with E-state index in [9.17, 15) is 4.39 Å². The van der Waals surface area contributed by atoms with Gasteiger partial charge in [0, 0.05) is 5.31 Å². The second kappa shape index (κ2) is 4.15. The molecule has 2 bridgehead atoms. The molecule has 0 atom stereocenters. The SMILES string of the molecule is CC1(C)OB(C23CC(Cc4ccccc4F)(C2)C3)OC1(C)C. The maximum absolute atomic E-state index is 13.8. The van der Waals surface area contributed by atoms with E-state index in [0.29, 0.717) is 0 Å². The summed E-state index contributed by atoms with van der Waals surface area (Å²) in [5.41, 5.74) is 0.619. The minimum atomic E-state index is -0.258. The number of halogens is 1. The van der Waals surface area contributed by atoms with E-state index < -0.39 is 0 Å². The first-order chi connectivity index (χ1) is 10.2. The molecule has 3 aliphatic carbocycles. The van der Waals surface area contributed by atoms with Gasteiger partial charge in [-0.3, -0.25) is 0 Å². The Balaban J connectivity index is 1.44. The highest BCUT2D eigenvalue weighted by Crippen LogP contribution is 2.81. The van der Waals surface area contributed by atoms with Gasteiger partial charge in [-0.2, -0.15) is 0 Å². The molecule has 2 nitrogen and oxygen atoms in total. The van der Waals surface area contributed by atoms with Gasteiger partial charge in [0.2, 0.25) is 0 Å². The fourth-order valence-corrected chi connectivity index (χ4v) is 4.66. The maximum Gasteiger partial charge on any atom is 0.464 e. The molecule has 1 saturated heterocycles. The normalized spacial score (nSPS) is 37.6. The molecule has 4 fully saturated rings. The summed E-state index contributed by atoms with van der Waals surface area (Å²) in [6.45, 7) is 8.42. The summed E-state index contributed by atoms with van der Waals surface area (Å²) in [5, 5.41) is 0.177. The Labute approximate surface area is 132 Å². The van der Waals surface area contributed by atoms with Crippen LogP contribution >= 0.6 is 0 Å². The third kappa shape index (κ3) is 1.86. The van der Waals surface area contributed by atoms with Crippen molar-refractivity contribution in [2.75, 3.05) is 0 Å². The lowest BCUT2D eigenvalue weighted by molar-refractivity contribution is -0.109. The van der Waals surface area contributed by atoms with Gasteiger partial charge in [-0.25, -0.2) is 4.39 Å². The van der Waals surface area contributed by atoms with Gasteiger partial charge in [0.15, 0.2) is 0 Å². The van der Waals surface area contributed by atoms with Gasteiger partial charge in [0.05, 0.1) is 11.2 Å². The van der Waals surface area contributed by atoms with Crippen LogP contribution in [0.4, 0.5) is 4.39 Å². The summed E-state index contributed by atoms with van der Waals surface area (Å²) >= 11 is 0. The molecule has 118 valence electrons. The monoisotopic (exact) mass is 302 g/mol. The molecular formula is C18H24BFO2. The minimum Gasteiger partial charge on any atom is -0.403 e. The molecular weight excluding hydrogens is 278 g/mol. The van der Waals surface area contributed by atoms with Crippen molar-refractivity contribution in [2.45, 2.75) is 69.9 Å². The summed E-state index contributed by atoms with van der Waals surface area (Å²) in [6.07, 6.45) is 4.16. The highest BCUT2D eigenvalue weighted by Gasteiger charge is 2.76. The molecule has 1 aliphatic heterocycles. The lowest BCUT2D eigenvalue weighted by Crippen LogP contribution is -2.64. The molecule has 5 rings (SSSR count). The van der Waals surface area contributed by atoms with Gasteiger partial charge in [-0.05, 0) is 70.4 Å². The Morgan fingerprint density at radius 3 is 2.09 bits per heavy atom. The predicted molar refractivity (Wildman–Crippen MR) is 85.2 cm³/mol. The van der Waals surface area contributed by atoms with Crippen LogP contribution in [-0.2, 0) is 15.7 Å². The Morgan fingerprint density at radius 2 is 1.55 bits per heavy atom. The maximum atomic E-state index is 13.8. The molecule has 4 aliphatic rings.